The summed E-state index contributed by atoms with van der Waals surface area (Å²) in [6.45, 7) is 1.47. The number of H-pyrrole nitrogens is 1. The lowest BCUT2D eigenvalue weighted by molar-refractivity contribution is 0.338. The van der Waals surface area contributed by atoms with Crippen molar-refractivity contribution in [3.63, 3.8) is 0 Å². The number of rotatable bonds is 3. The van der Waals surface area contributed by atoms with Gasteiger partial charge in [-0.25, -0.2) is 0 Å². The lowest BCUT2D eigenvalue weighted by Crippen LogP contribution is -2.24. The van der Waals surface area contributed by atoms with Crippen molar-refractivity contribution in [2.75, 3.05) is 13.7 Å². The molecule has 0 radical (unpaired) electrons. The van der Waals surface area contributed by atoms with E-state index in [1.54, 1.807) is 0 Å². The molecule has 3 N–H and O–H groups in total. The minimum absolute atomic E-state index is 0.583. The molecule has 2 aromatic rings. The van der Waals surface area contributed by atoms with E-state index in [0.29, 0.717) is 6.67 Å². The van der Waals surface area contributed by atoms with E-state index >= 15 is 0 Å². The average Bonchev–Trinajstić information content (AvgIpc) is 2.62. The van der Waals surface area contributed by atoms with Gasteiger partial charge in [0.1, 0.15) is 0 Å². The minimum Gasteiger partial charge on any atom is -0.361 e. The Kier molecular flexibility index (Phi) is 2.52. The summed E-state index contributed by atoms with van der Waals surface area (Å²) in [6.07, 6.45) is 2.05. The number of fused-ring (bicyclic) bond motifs is 1. The number of nitrogens with zero attached hydrogens (tertiary/aromatic N) is 1. The van der Waals surface area contributed by atoms with E-state index in [1.165, 1.54) is 16.5 Å². The zero-order valence-electron chi connectivity index (χ0n) is 8.33. The topological polar surface area (TPSA) is 45.0 Å². The van der Waals surface area contributed by atoms with Crippen LogP contribution in [0.2, 0.25) is 0 Å². The molecule has 2 rings (SSSR count). The first-order valence-electron chi connectivity index (χ1n) is 4.75. The van der Waals surface area contributed by atoms with Gasteiger partial charge in [0.05, 0.1) is 0 Å². The van der Waals surface area contributed by atoms with Crippen LogP contribution in [0.4, 0.5) is 0 Å². The molecule has 0 bridgehead atoms. The molecule has 1 aromatic heterocycles. The van der Waals surface area contributed by atoms with Crippen molar-refractivity contribution in [1.29, 1.82) is 0 Å². The van der Waals surface area contributed by atoms with Crippen molar-refractivity contribution in [3.05, 3.63) is 36.0 Å². The molecule has 1 aromatic carbocycles. The predicted octanol–water partition coefficient (Wildman–Crippen LogP) is 1.52. The molecule has 3 nitrogen and oxygen atoms in total. The SMILES string of the molecule is CN(CN)Cc1c[nH]c2ccccc12. The normalized spacial score (nSPS) is 11.4. The lowest BCUT2D eigenvalue weighted by Gasteiger charge is -2.12. The number of aromatic amines is 1. The van der Waals surface area contributed by atoms with Crippen molar-refractivity contribution >= 4 is 10.9 Å². The molecule has 0 aliphatic carbocycles. The fraction of sp³-hybridized carbons (Fsp3) is 0.273. The highest BCUT2D eigenvalue weighted by molar-refractivity contribution is 5.82. The van der Waals surface area contributed by atoms with Gasteiger partial charge in [-0.15, -0.1) is 0 Å². The van der Waals surface area contributed by atoms with Gasteiger partial charge in [-0.1, -0.05) is 18.2 Å². The largest absolute Gasteiger partial charge is 0.361 e. The van der Waals surface area contributed by atoms with Gasteiger partial charge in [0.25, 0.3) is 0 Å². The number of benzene rings is 1. The molecular formula is C11H15N3. The van der Waals surface area contributed by atoms with Crippen LogP contribution in [0, 0.1) is 0 Å². The van der Waals surface area contributed by atoms with Crippen LogP contribution in [0.3, 0.4) is 0 Å². The molecule has 74 valence electrons. The van der Waals surface area contributed by atoms with E-state index < -0.39 is 0 Å². The van der Waals surface area contributed by atoms with Crippen LogP contribution < -0.4 is 5.73 Å². The number of hydrogen-bond acceptors (Lipinski definition) is 2. The van der Waals surface area contributed by atoms with Crippen molar-refractivity contribution < 1.29 is 0 Å². The second-order valence-electron chi connectivity index (χ2n) is 3.56. The molecule has 0 aliphatic rings. The molecular weight excluding hydrogens is 174 g/mol. The Morgan fingerprint density at radius 2 is 2.14 bits per heavy atom. The van der Waals surface area contributed by atoms with Crippen LogP contribution in [0.25, 0.3) is 10.9 Å². The van der Waals surface area contributed by atoms with Crippen molar-refractivity contribution in [2.24, 2.45) is 5.73 Å². The number of para-hydroxylation sites is 1. The summed E-state index contributed by atoms with van der Waals surface area (Å²) in [7, 11) is 2.02. The maximum atomic E-state index is 5.55. The summed E-state index contributed by atoms with van der Waals surface area (Å²) in [5, 5.41) is 1.28. The van der Waals surface area contributed by atoms with Crippen LogP contribution in [0.5, 0.6) is 0 Å². The molecule has 0 saturated carbocycles. The quantitative estimate of drug-likeness (QED) is 0.719. The highest BCUT2D eigenvalue weighted by atomic mass is 15.1. The standard InChI is InChI=1S/C11H15N3/c1-14(8-12)7-9-6-13-11-5-3-2-4-10(9)11/h2-6,13H,7-8,12H2,1H3. The number of nitrogens with two attached hydrogens (primary N) is 1. The fourth-order valence-corrected chi connectivity index (χ4v) is 1.62. The van der Waals surface area contributed by atoms with E-state index in [1.807, 2.05) is 13.1 Å². The Bertz CT molecular complexity index is 419. The Morgan fingerprint density at radius 3 is 2.93 bits per heavy atom. The molecule has 0 atom stereocenters. The summed E-state index contributed by atoms with van der Waals surface area (Å²) in [4.78, 5) is 5.33. The highest BCUT2D eigenvalue weighted by Gasteiger charge is 2.04. The van der Waals surface area contributed by atoms with E-state index in [9.17, 15) is 0 Å². The van der Waals surface area contributed by atoms with Gasteiger partial charge >= 0.3 is 0 Å². The summed E-state index contributed by atoms with van der Waals surface area (Å²) in [5.41, 5.74) is 8.04. The minimum atomic E-state index is 0.583. The zero-order chi connectivity index (χ0) is 9.97. The summed E-state index contributed by atoms with van der Waals surface area (Å²) in [5.74, 6) is 0. The van der Waals surface area contributed by atoms with Gasteiger partial charge < -0.3 is 10.7 Å². The van der Waals surface area contributed by atoms with Crippen LogP contribution >= 0.6 is 0 Å². The van der Waals surface area contributed by atoms with Gasteiger partial charge in [0, 0.05) is 30.3 Å². The molecule has 0 aliphatic heterocycles. The Labute approximate surface area is 83.5 Å². The lowest BCUT2D eigenvalue weighted by atomic mass is 10.2. The smallest absolute Gasteiger partial charge is 0.0457 e. The van der Waals surface area contributed by atoms with Gasteiger partial charge in [-0.05, 0) is 18.7 Å². The monoisotopic (exact) mass is 189 g/mol. The van der Waals surface area contributed by atoms with Gasteiger partial charge in [-0.2, -0.15) is 0 Å². The fourth-order valence-electron chi connectivity index (χ4n) is 1.62. The molecule has 0 amide bonds. The van der Waals surface area contributed by atoms with E-state index in [-0.39, 0.29) is 0 Å². The van der Waals surface area contributed by atoms with Crippen LogP contribution in [0.1, 0.15) is 5.56 Å². The Hall–Kier alpha value is -1.32. The zero-order valence-corrected chi connectivity index (χ0v) is 8.33. The van der Waals surface area contributed by atoms with E-state index in [4.69, 9.17) is 5.73 Å². The third-order valence-corrected chi connectivity index (χ3v) is 2.43. The van der Waals surface area contributed by atoms with Crippen molar-refractivity contribution in [1.82, 2.24) is 9.88 Å². The van der Waals surface area contributed by atoms with Gasteiger partial charge in [0.2, 0.25) is 0 Å². The first-order chi connectivity index (χ1) is 6.81. The van der Waals surface area contributed by atoms with Gasteiger partial charge in [-0.3, -0.25) is 4.90 Å². The first kappa shape index (κ1) is 9.24. The molecule has 0 unspecified atom stereocenters. The van der Waals surface area contributed by atoms with Crippen LogP contribution in [0.15, 0.2) is 30.5 Å². The second kappa shape index (κ2) is 3.82. The molecule has 3 heteroatoms. The van der Waals surface area contributed by atoms with Crippen molar-refractivity contribution in [3.8, 4) is 0 Å². The third kappa shape index (κ3) is 1.64. The average molecular weight is 189 g/mol. The molecule has 0 spiro atoms. The number of nitrogens with one attached hydrogen (secondary N) is 1. The molecule has 1 heterocycles. The Balaban J connectivity index is 2.33. The summed E-state index contributed by atoms with van der Waals surface area (Å²) < 4.78 is 0. The van der Waals surface area contributed by atoms with Crippen LogP contribution in [-0.4, -0.2) is 23.6 Å². The first-order valence-corrected chi connectivity index (χ1v) is 4.75. The predicted molar refractivity (Wildman–Crippen MR) is 58.8 cm³/mol. The van der Waals surface area contributed by atoms with E-state index in [2.05, 4.69) is 34.3 Å². The van der Waals surface area contributed by atoms with Crippen molar-refractivity contribution in [2.45, 2.75) is 6.54 Å². The van der Waals surface area contributed by atoms with E-state index in [0.717, 1.165) is 6.54 Å². The maximum absolute atomic E-state index is 5.55. The molecule has 0 fully saturated rings. The summed E-state index contributed by atoms with van der Waals surface area (Å²) in [6, 6.07) is 8.31. The number of hydrogen-bond donors (Lipinski definition) is 2. The number of aromatic nitrogens is 1. The Morgan fingerprint density at radius 1 is 1.36 bits per heavy atom. The highest BCUT2D eigenvalue weighted by Crippen LogP contribution is 2.18. The van der Waals surface area contributed by atoms with Crippen LogP contribution in [-0.2, 0) is 6.54 Å². The molecule has 0 saturated heterocycles. The summed E-state index contributed by atoms with van der Waals surface area (Å²) >= 11 is 0. The second-order valence-corrected chi connectivity index (χ2v) is 3.56. The molecule has 14 heavy (non-hydrogen) atoms. The third-order valence-electron chi connectivity index (χ3n) is 2.43. The van der Waals surface area contributed by atoms with Gasteiger partial charge in [0.15, 0.2) is 0 Å². The maximum Gasteiger partial charge on any atom is 0.0457 e.